The summed E-state index contributed by atoms with van der Waals surface area (Å²) in [6.07, 6.45) is 7.99. The van der Waals surface area contributed by atoms with Crippen LogP contribution in [-0.4, -0.2) is 61.1 Å². The minimum Gasteiger partial charge on any atom is -0.357 e. The van der Waals surface area contributed by atoms with Gasteiger partial charge in [0.15, 0.2) is 5.96 Å². The van der Waals surface area contributed by atoms with Gasteiger partial charge in [0.1, 0.15) is 0 Å². The van der Waals surface area contributed by atoms with Crippen molar-refractivity contribution in [1.82, 2.24) is 15.5 Å². The molecule has 24 heavy (non-hydrogen) atoms. The summed E-state index contributed by atoms with van der Waals surface area (Å²) in [7, 11) is 0. The first-order valence-electron chi connectivity index (χ1n) is 9.64. The number of piperidine rings is 1. The number of hydrogen-bond acceptors (Lipinski definition) is 3. The predicted molar refractivity (Wildman–Crippen MR) is 119 cm³/mol. The minimum atomic E-state index is 0. The van der Waals surface area contributed by atoms with Crippen molar-refractivity contribution in [3.05, 3.63) is 0 Å². The second-order valence-electron chi connectivity index (χ2n) is 7.01. The van der Waals surface area contributed by atoms with Crippen LogP contribution < -0.4 is 10.6 Å². The fourth-order valence-corrected chi connectivity index (χ4v) is 4.46. The van der Waals surface area contributed by atoms with Gasteiger partial charge < -0.3 is 15.5 Å². The van der Waals surface area contributed by atoms with Gasteiger partial charge in [0.05, 0.1) is 6.54 Å². The maximum absolute atomic E-state index is 4.75. The summed E-state index contributed by atoms with van der Waals surface area (Å²) >= 11 is 2.08. The van der Waals surface area contributed by atoms with Crippen LogP contribution in [0.3, 0.4) is 0 Å². The molecule has 0 amide bonds. The maximum Gasteiger partial charge on any atom is 0.191 e. The van der Waals surface area contributed by atoms with E-state index >= 15 is 0 Å². The number of unbranched alkanes of at least 4 members (excludes halogenated alkanes) is 1. The Hall–Kier alpha value is 0.310. The highest BCUT2D eigenvalue weighted by Crippen LogP contribution is 2.25. The normalized spacial score (nSPS) is 23.1. The van der Waals surface area contributed by atoms with Crippen molar-refractivity contribution in [3.8, 4) is 0 Å². The Morgan fingerprint density at radius 1 is 1.17 bits per heavy atom. The van der Waals surface area contributed by atoms with Gasteiger partial charge in [0.25, 0.3) is 0 Å². The zero-order chi connectivity index (χ0) is 16.3. The molecule has 2 N–H and O–H groups in total. The fourth-order valence-electron chi connectivity index (χ4n) is 3.28. The molecule has 0 aromatic rings. The minimum absolute atomic E-state index is 0. The van der Waals surface area contributed by atoms with Crippen molar-refractivity contribution >= 4 is 41.7 Å². The highest BCUT2D eigenvalue weighted by atomic mass is 127. The van der Waals surface area contributed by atoms with E-state index < -0.39 is 0 Å². The Kier molecular flexibility index (Phi) is 12.6. The molecule has 2 heterocycles. The number of nitrogens with one attached hydrogen (secondary N) is 2. The number of nitrogens with zero attached hydrogens (tertiary/aromatic N) is 2. The topological polar surface area (TPSA) is 39.7 Å². The van der Waals surface area contributed by atoms with Gasteiger partial charge >= 0.3 is 0 Å². The van der Waals surface area contributed by atoms with Crippen LogP contribution >= 0.6 is 35.7 Å². The maximum atomic E-state index is 4.75. The number of hydrogen-bond donors (Lipinski definition) is 2. The monoisotopic (exact) mass is 468 g/mol. The summed E-state index contributed by atoms with van der Waals surface area (Å²) in [4.78, 5) is 7.39. The van der Waals surface area contributed by atoms with Crippen LogP contribution in [0.2, 0.25) is 0 Å². The predicted octanol–water partition coefficient (Wildman–Crippen LogP) is 3.57. The standard InChI is InChI=1S/C18H36N4S.HI/c1-3-19-18(21-15-17-7-6-14-23-17)20-10-4-5-11-22-12-8-16(2)9-13-22;/h16-17H,3-15H2,1-2H3,(H2,19,20,21);1H. The molecule has 0 aromatic heterocycles. The van der Waals surface area contributed by atoms with Crippen molar-refractivity contribution in [2.45, 2.75) is 57.6 Å². The zero-order valence-corrected chi connectivity index (χ0v) is 18.7. The molecule has 0 aromatic carbocycles. The Morgan fingerprint density at radius 3 is 2.62 bits per heavy atom. The van der Waals surface area contributed by atoms with E-state index in [0.29, 0.717) is 0 Å². The van der Waals surface area contributed by atoms with Crippen LogP contribution in [0.1, 0.15) is 52.4 Å². The number of likely N-dealkylation sites (tertiary alicyclic amines) is 1. The Balaban J connectivity index is 0.00000288. The van der Waals surface area contributed by atoms with Gasteiger partial charge in [-0.05, 0) is 76.8 Å². The lowest BCUT2D eigenvalue weighted by Crippen LogP contribution is -2.38. The van der Waals surface area contributed by atoms with E-state index in [4.69, 9.17) is 4.99 Å². The molecular weight excluding hydrogens is 431 g/mol. The highest BCUT2D eigenvalue weighted by Gasteiger charge is 2.15. The molecule has 2 rings (SSSR count). The van der Waals surface area contributed by atoms with E-state index in [1.165, 1.54) is 63.9 Å². The molecule has 2 aliphatic rings. The molecule has 1 atom stereocenters. The largest absolute Gasteiger partial charge is 0.357 e. The van der Waals surface area contributed by atoms with Crippen molar-refractivity contribution < 1.29 is 0 Å². The van der Waals surface area contributed by atoms with Crippen LogP contribution in [0.5, 0.6) is 0 Å². The van der Waals surface area contributed by atoms with Crippen LogP contribution in [0, 0.1) is 5.92 Å². The first-order chi connectivity index (χ1) is 11.3. The molecule has 0 spiro atoms. The van der Waals surface area contributed by atoms with Gasteiger partial charge in [-0.2, -0.15) is 11.8 Å². The number of guanidine groups is 1. The van der Waals surface area contributed by atoms with Gasteiger partial charge in [-0.15, -0.1) is 24.0 Å². The fraction of sp³-hybridized carbons (Fsp3) is 0.944. The van der Waals surface area contributed by atoms with Crippen molar-refractivity contribution in [1.29, 1.82) is 0 Å². The average Bonchev–Trinajstić information content (AvgIpc) is 3.07. The van der Waals surface area contributed by atoms with Crippen molar-refractivity contribution in [2.75, 3.05) is 45.0 Å². The van der Waals surface area contributed by atoms with Crippen molar-refractivity contribution in [2.24, 2.45) is 10.9 Å². The molecule has 2 saturated heterocycles. The molecule has 1 unspecified atom stereocenters. The third-order valence-corrected chi connectivity index (χ3v) is 6.27. The molecule has 0 bridgehead atoms. The summed E-state index contributed by atoms with van der Waals surface area (Å²) in [5.41, 5.74) is 0. The average molecular weight is 468 g/mol. The molecule has 0 aliphatic carbocycles. The van der Waals surface area contributed by atoms with E-state index in [1.54, 1.807) is 0 Å². The molecule has 2 fully saturated rings. The molecular formula is C18H37IN4S. The van der Waals surface area contributed by atoms with E-state index in [2.05, 4.69) is 41.1 Å². The molecule has 4 nitrogen and oxygen atoms in total. The Morgan fingerprint density at radius 2 is 1.96 bits per heavy atom. The second kappa shape index (κ2) is 13.5. The Labute approximate surface area is 170 Å². The summed E-state index contributed by atoms with van der Waals surface area (Å²) < 4.78 is 0. The first-order valence-corrected chi connectivity index (χ1v) is 10.7. The first kappa shape index (κ1) is 22.4. The number of aliphatic imine (C=N–C) groups is 1. The second-order valence-corrected chi connectivity index (χ2v) is 8.42. The van der Waals surface area contributed by atoms with Gasteiger partial charge in [-0.3, -0.25) is 4.99 Å². The van der Waals surface area contributed by atoms with Crippen LogP contribution in [-0.2, 0) is 0 Å². The van der Waals surface area contributed by atoms with E-state index in [1.807, 2.05) is 0 Å². The van der Waals surface area contributed by atoms with Crippen LogP contribution in [0.15, 0.2) is 4.99 Å². The third-order valence-electron chi connectivity index (χ3n) is 4.89. The third kappa shape index (κ3) is 9.13. The lowest BCUT2D eigenvalue weighted by Gasteiger charge is -2.30. The molecule has 142 valence electrons. The summed E-state index contributed by atoms with van der Waals surface area (Å²) in [6.45, 7) is 11.3. The van der Waals surface area contributed by atoms with Gasteiger partial charge in [0, 0.05) is 18.3 Å². The van der Waals surface area contributed by atoms with E-state index in [9.17, 15) is 0 Å². The van der Waals surface area contributed by atoms with Crippen LogP contribution in [0.4, 0.5) is 0 Å². The van der Waals surface area contributed by atoms with Crippen LogP contribution in [0.25, 0.3) is 0 Å². The SMILES string of the molecule is CCNC(=NCC1CCCS1)NCCCCN1CCC(C)CC1.I. The van der Waals surface area contributed by atoms with Gasteiger partial charge in [-0.25, -0.2) is 0 Å². The van der Waals surface area contributed by atoms with Gasteiger partial charge in [0.2, 0.25) is 0 Å². The molecule has 0 saturated carbocycles. The quantitative estimate of drug-likeness (QED) is 0.247. The summed E-state index contributed by atoms with van der Waals surface area (Å²) in [5.74, 6) is 3.26. The molecule has 2 aliphatic heterocycles. The lowest BCUT2D eigenvalue weighted by atomic mass is 9.99. The van der Waals surface area contributed by atoms with Crippen molar-refractivity contribution in [3.63, 3.8) is 0 Å². The molecule has 0 radical (unpaired) electrons. The van der Waals surface area contributed by atoms with E-state index in [0.717, 1.165) is 36.8 Å². The van der Waals surface area contributed by atoms with Gasteiger partial charge in [-0.1, -0.05) is 6.92 Å². The Bertz CT molecular complexity index is 340. The number of thioether (sulfide) groups is 1. The summed E-state index contributed by atoms with van der Waals surface area (Å²) in [5, 5.41) is 7.61. The molecule has 6 heteroatoms. The highest BCUT2D eigenvalue weighted by molar-refractivity contribution is 14.0. The number of halogens is 1. The summed E-state index contributed by atoms with van der Waals surface area (Å²) in [6, 6.07) is 0. The number of rotatable bonds is 8. The smallest absolute Gasteiger partial charge is 0.191 e. The lowest BCUT2D eigenvalue weighted by molar-refractivity contribution is 0.189. The van der Waals surface area contributed by atoms with E-state index in [-0.39, 0.29) is 24.0 Å². The zero-order valence-electron chi connectivity index (χ0n) is 15.6.